The number of hydrogen-bond acceptors (Lipinski definition) is 4. The van der Waals surface area contributed by atoms with Gasteiger partial charge in [0.1, 0.15) is 0 Å². The van der Waals surface area contributed by atoms with Crippen molar-refractivity contribution in [3.63, 3.8) is 0 Å². The summed E-state index contributed by atoms with van der Waals surface area (Å²) < 4.78 is 19.9. The van der Waals surface area contributed by atoms with Crippen molar-refractivity contribution >= 4 is 27.5 Å². The van der Waals surface area contributed by atoms with E-state index in [9.17, 15) is 4.39 Å². The largest absolute Gasteiger partial charge is 0.409 e. The number of nitrogens with two attached hydrogens (primary N) is 1. The Balaban J connectivity index is 2.89. The number of halogens is 2. The molecule has 0 aliphatic rings. The highest BCUT2D eigenvalue weighted by Gasteiger charge is 2.16. The van der Waals surface area contributed by atoms with Crippen LogP contribution in [0.15, 0.2) is 21.8 Å². The van der Waals surface area contributed by atoms with Crippen LogP contribution in [0, 0.1) is 5.82 Å². The van der Waals surface area contributed by atoms with E-state index >= 15 is 0 Å². The van der Waals surface area contributed by atoms with E-state index in [-0.39, 0.29) is 16.4 Å². The average molecular weight is 348 g/mol. The summed E-state index contributed by atoms with van der Waals surface area (Å²) in [4.78, 5) is 1.75. The van der Waals surface area contributed by atoms with Gasteiger partial charge < -0.3 is 20.6 Å². The molecule has 3 N–H and O–H groups in total. The number of benzene rings is 1. The van der Waals surface area contributed by atoms with E-state index in [1.807, 2.05) is 13.8 Å². The predicted molar refractivity (Wildman–Crippen MR) is 81.0 cm³/mol. The Labute approximate surface area is 126 Å². The Hall–Kier alpha value is -1.34. The third-order valence-corrected chi connectivity index (χ3v) is 3.51. The minimum Gasteiger partial charge on any atom is -0.409 e. The summed E-state index contributed by atoms with van der Waals surface area (Å²) in [5, 5.41) is 11.5. The third-order valence-electron chi connectivity index (χ3n) is 2.73. The number of nitrogens with zero attached hydrogens (tertiary/aromatic N) is 2. The number of ether oxygens (including phenoxy) is 1. The third kappa shape index (κ3) is 4.08. The molecule has 0 bridgehead atoms. The molecule has 0 heterocycles. The molecule has 0 saturated carbocycles. The molecular formula is C13H19BrFN3O2. The summed E-state index contributed by atoms with van der Waals surface area (Å²) >= 11 is 3.13. The normalized spacial score (nSPS) is 12.0. The van der Waals surface area contributed by atoms with Gasteiger partial charge in [0.05, 0.1) is 22.9 Å². The Morgan fingerprint density at radius 1 is 1.55 bits per heavy atom. The van der Waals surface area contributed by atoms with Crippen molar-refractivity contribution < 1.29 is 14.3 Å². The number of likely N-dealkylation sites (N-methyl/N-ethyl adjacent to an activating group) is 1. The smallest absolute Gasteiger partial charge is 0.171 e. The highest BCUT2D eigenvalue weighted by molar-refractivity contribution is 9.10. The van der Waals surface area contributed by atoms with Crippen molar-refractivity contribution in [2.24, 2.45) is 10.9 Å². The summed E-state index contributed by atoms with van der Waals surface area (Å²) in [5.74, 6) is -0.603. The van der Waals surface area contributed by atoms with E-state index in [1.165, 1.54) is 0 Å². The molecule has 0 saturated heterocycles. The fourth-order valence-electron chi connectivity index (χ4n) is 1.63. The molecule has 0 aliphatic carbocycles. The second-order valence-electron chi connectivity index (χ2n) is 4.59. The van der Waals surface area contributed by atoms with Crippen LogP contribution in [0.2, 0.25) is 0 Å². The molecule has 7 heteroatoms. The molecule has 1 aromatic carbocycles. The van der Waals surface area contributed by atoms with E-state index in [4.69, 9.17) is 15.7 Å². The fraction of sp³-hybridized carbons (Fsp3) is 0.462. The number of anilines is 1. The molecule has 0 aliphatic heterocycles. The SMILES string of the molecule is CC(C)OCCN(C)c1ccc(/C(N)=N/O)c(Br)c1F. The molecule has 1 aromatic rings. The van der Waals surface area contributed by atoms with E-state index in [1.54, 1.807) is 24.1 Å². The van der Waals surface area contributed by atoms with Gasteiger partial charge in [0, 0.05) is 19.2 Å². The van der Waals surface area contributed by atoms with Crippen molar-refractivity contribution in [3.8, 4) is 0 Å². The second kappa shape index (κ2) is 7.44. The molecule has 112 valence electrons. The first kappa shape index (κ1) is 16.7. The highest BCUT2D eigenvalue weighted by atomic mass is 79.9. The molecule has 0 fully saturated rings. The molecule has 0 aromatic heterocycles. The number of oxime groups is 1. The van der Waals surface area contributed by atoms with Gasteiger partial charge in [-0.25, -0.2) is 4.39 Å². The lowest BCUT2D eigenvalue weighted by Gasteiger charge is -2.21. The number of amidine groups is 1. The van der Waals surface area contributed by atoms with Crippen LogP contribution in [0.1, 0.15) is 19.4 Å². The molecule has 5 nitrogen and oxygen atoms in total. The molecule has 0 unspecified atom stereocenters. The fourth-order valence-corrected chi connectivity index (χ4v) is 2.17. The topological polar surface area (TPSA) is 71.1 Å². The number of rotatable bonds is 6. The first-order valence-electron chi connectivity index (χ1n) is 6.17. The zero-order chi connectivity index (χ0) is 15.3. The predicted octanol–water partition coefficient (Wildman–Crippen LogP) is 2.54. The quantitative estimate of drug-likeness (QED) is 0.359. The standard InChI is InChI=1S/C13H19BrFN3O2/c1-8(2)20-7-6-18(3)10-5-4-9(13(16)17-19)11(14)12(10)15/h4-5,8,19H,6-7H2,1-3H3,(H2,16,17). The van der Waals surface area contributed by atoms with E-state index in [0.29, 0.717) is 24.4 Å². The number of hydrogen-bond donors (Lipinski definition) is 2. The Bertz CT molecular complexity index is 495. The molecular weight excluding hydrogens is 329 g/mol. The Morgan fingerprint density at radius 2 is 2.20 bits per heavy atom. The van der Waals surface area contributed by atoms with Gasteiger partial charge >= 0.3 is 0 Å². The van der Waals surface area contributed by atoms with E-state index in [0.717, 1.165) is 0 Å². The van der Waals surface area contributed by atoms with Crippen LogP contribution in [0.3, 0.4) is 0 Å². The lowest BCUT2D eigenvalue weighted by atomic mass is 10.1. The Kier molecular flexibility index (Phi) is 6.22. The van der Waals surface area contributed by atoms with Crippen molar-refractivity contribution in [1.82, 2.24) is 0 Å². The van der Waals surface area contributed by atoms with E-state index in [2.05, 4.69) is 21.1 Å². The van der Waals surface area contributed by atoms with Gasteiger partial charge in [0.15, 0.2) is 11.7 Å². The first-order valence-corrected chi connectivity index (χ1v) is 6.96. The van der Waals surface area contributed by atoms with Gasteiger partial charge in [-0.15, -0.1) is 0 Å². The van der Waals surface area contributed by atoms with Gasteiger partial charge in [0.25, 0.3) is 0 Å². The lowest BCUT2D eigenvalue weighted by Crippen LogP contribution is -2.25. The molecule has 1 rings (SSSR count). The maximum Gasteiger partial charge on any atom is 0.171 e. The average Bonchev–Trinajstić information content (AvgIpc) is 2.40. The van der Waals surface area contributed by atoms with Crippen LogP contribution in [-0.4, -0.2) is 37.3 Å². The summed E-state index contributed by atoms with van der Waals surface area (Å²) in [7, 11) is 1.78. The Morgan fingerprint density at radius 3 is 2.75 bits per heavy atom. The van der Waals surface area contributed by atoms with Crippen LogP contribution in [0.5, 0.6) is 0 Å². The molecule has 0 amide bonds. The zero-order valence-electron chi connectivity index (χ0n) is 11.7. The van der Waals surface area contributed by atoms with Gasteiger partial charge in [-0.3, -0.25) is 0 Å². The summed E-state index contributed by atoms with van der Waals surface area (Å²) in [6, 6.07) is 3.18. The van der Waals surface area contributed by atoms with Crippen molar-refractivity contribution in [3.05, 3.63) is 28.0 Å². The zero-order valence-corrected chi connectivity index (χ0v) is 13.3. The summed E-state index contributed by atoms with van der Waals surface area (Å²) in [6.45, 7) is 4.96. The minimum absolute atomic E-state index is 0.142. The molecule has 0 atom stereocenters. The molecule has 0 spiro atoms. The van der Waals surface area contributed by atoms with Gasteiger partial charge in [-0.1, -0.05) is 5.16 Å². The maximum atomic E-state index is 14.3. The summed E-state index contributed by atoms with van der Waals surface area (Å²) in [6.07, 6.45) is 0.142. The van der Waals surface area contributed by atoms with Crippen LogP contribution >= 0.6 is 15.9 Å². The minimum atomic E-state index is -0.457. The van der Waals surface area contributed by atoms with Crippen LogP contribution in [0.25, 0.3) is 0 Å². The van der Waals surface area contributed by atoms with Crippen LogP contribution in [-0.2, 0) is 4.74 Å². The van der Waals surface area contributed by atoms with Crippen molar-refractivity contribution in [2.75, 3.05) is 25.1 Å². The van der Waals surface area contributed by atoms with Gasteiger partial charge in [-0.05, 0) is 41.9 Å². The van der Waals surface area contributed by atoms with Crippen molar-refractivity contribution in [2.45, 2.75) is 20.0 Å². The molecule has 20 heavy (non-hydrogen) atoms. The maximum absolute atomic E-state index is 14.3. The lowest BCUT2D eigenvalue weighted by molar-refractivity contribution is 0.0845. The summed E-state index contributed by atoms with van der Waals surface area (Å²) in [5.41, 5.74) is 6.19. The second-order valence-corrected chi connectivity index (χ2v) is 5.38. The van der Waals surface area contributed by atoms with Crippen LogP contribution < -0.4 is 10.6 Å². The monoisotopic (exact) mass is 347 g/mol. The first-order chi connectivity index (χ1) is 9.38. The molecule has 0 radical (unpaired) electrons. The van der Waals surface area contributed by atoms with Gasteiger partial charge in [-0.2, -0.15) is 0 Å². The van der Waals surface area contributed by atoms with Crippen LogP contribution in [0.4, 0.5) is 10.1 Å². The van der Waals surface area contributed by atoms with Gasteiger partial charge in [0.2, 0.25) is 0 Å². The highest BCUT2D eigenvalue weighted by Crippen LogP contribution is 2.28. The van der Waals surface area contributed by atoms with Crippen molar-refractivity contribution in [1.29, 1.82) is 0 Å². The van der Waals surface area contributed by atoms with E-state index < -0.39 is 5.82 Å².